The minimum absolute atomic E-state index is 0.350. The summed E-state index contributed by atoms with van der Waals surface area (Å²) in [6.07, 6.45) is 1.46. The summed E-state index contributed by atoms with van der Waals surface area (Å²) in [6.45, 7) is 0. The van der Waals surface area contributed by atoms with E-state index in [4.69, 9.17) is 22.1 Å². The highest BCUT2D eigenvalue weighted by Crippen LogP contribution is 2.26. The summed E-state index contributed by atoms with van der Waals surface area (Å²) in [4.78, 5) is 16.3. The summed E-state index contributed by atoms with van der Waals surface area (Å²) in [5, 5.41) is 3.16. The maximum Gasteiger partial charge on any atom is 0.260 e. The number of nitrogen functional groups attached to an aromatic ring is 1. The van der Waals surface area contributed by atoms with Crippen LogP contribution in [0.3, 0.4) is 0 Å². The monoisotopic (exact) mass is 355 g/mol. The van der Waals surface area contributed by atoms with Crippen molar-refractivity contribution >= 4 is 44.9 Å². The Kier molecular flexibility index (Phi) is 4.46. The molecule has 0 radical (unpaired) electrons. The van der Waals surface area contributed by atoms with Gasteiger partial charge in [-0.1, -0.05) is 11.6 Å². The molecule has 0 saturated heterocycles. The third kappa shape index (κ3) is 3.20. The number of carbonyl (C=O) groups is 1. The Labute approximate surface area is 129 Å². The summed E-state index contributed by atoms with van der Waals surface area (Å²) in [5.74, 6) is 0.416. The highest BCUT2D eigenvalue weighted by Gasteiger charge is 2.14. The fourth-order valence-electron chi connectivity index (χ4n) is 1.57. The van der Waals surface area contributed by atoms with Crippen molar-refractivity contribution in [2.24, 2.45) is 0 Å². The molecule has 0 unspecified atom stereocenters. The fourth-order valence-corrected chi connectivity index (χ4v) is 2.20. The predicted molar refractivity (Wildman–Crippen MR) is 82.3 cm³/mol. The molecule has 5 nitrogen and oxygen atoms in total. The number of hydrogen-bond donors (Lipinski definition) is 2. The maximum atomic E-state index is 12.2. The number of hydrogen-bond acceptors (Lipinski definition) is 4. The molecule has 0 spiro atoms. The molecule has 0 aliphatic heterocycles. The third-order valence-electron chi connectivity index (χ3n) is 2.50. The van der Waals surface area contributed by atoms with Crippen molar-refractivity contribution in [2.45, 2.75) is 0 Å². The molecular formula is C13H11BrClN3O2. The molecule has 0 fully saturated rings. The van der Waals surface area contributed by atoms with Crippen molar-refractivity contribution in [1.29, 1.82) is 0 Å². The minimum Gasteiger partial charge on any atom is -0.496 e. The second-order valence-electron chi connectivity index (χ2n) is 3.90. The quantitative estimate of drug-likeness (QED) is 0.884. The van der Waals surface area contributed by atoms with Gasteiger partial charge in [-0.15, -0.1) is 0 Å². The van der Waals surface area contributed by atoms with Gasteiger partial charge in [0, 0.05) is 5.02 Å². The highest BCUT2D eigenvalue weighted by atomic mass is 79.9. The first-order chi connectivity index (χ1) is 9.51. The van der Waals surface area contributed by atoms with Gasteiger partial charge < -0.3 is 15.8 Å². The van der Waals surface area contributed by atoms with Gasteiger partial charge in [0.15, 0.2) is 0 Å². The molecule has 0 atom stereocenters. The van der Waals surface area contributed by atoms with Gasteiger partial charge in [-0.05, 0) is 40.2 Å². The van der Waals surface area contributed by atoms with Gasteiger partial charge in [0.1, 0.15) is 11.6 Å². The van der Waals surface area contributed by atoms with Gasteiger partial charge in [0.2, 0.25) is 0 Å². The second kappa shape index (κ2) is 6.11. The van der Waals surface area contributed by atoms with Crippen molar-refractivity contribution < 1.29 is 9.53 Å². The first-order valence-electron chi connectivity index (χ1n) is 5.57. The molecule has 1 amide bonds. The zero-order valence-electron chi connectivity index (χ0n) is 10.5. The van der Waals surface area contributed by atoms with Crippen molar-refractivity contribution in [3.63, 3.8) is 0 Å². The van der Waals surface area contributed by atoms with E-state index in [0.717, 1.165) is 0 Å². The van der Waals surface area contributed by atoms with Crippen LogP contribution in [0.2, 0.25) is 5.02 Å². The standard InChI is InChI=1S/C13H11BrClN3O2/c1-20-11-4-7(15)2-3-9(11)13(19)18-12-10(14)5-8(16)6-17-12/h2-6H,16H2,1H3,(H,17,18,19). The maximum absolute atomic E-state index is 12.2. The number of ether oxygens (including phenoxy) is 1. The Morgan fingerprint density at radius 1 is 1.45 bits per heavy atom. The van der Waals surface area contributed by atoms with Gasteiger partial charge in [0.05, 0.1) is 29.0 Å². The SMILES string of the molecule is COc1cc(Cl)ccc1C(=O)Nc1ncc(N)cc1Br. The predicted octanol–water partition coefficient (Wildman–Crippen LogP) is 3.34. The normalized spacial score (nSPS) is 10.2. The number of methoxy groups -OCH3 is 1. The van der Waals surface area contributed by atoms with E-state index in [9.17, 15) is 4.79 Å². The lowest BCUT2D eigenvalue weighted by atomic mass is 10.2. The number of carbonyl (C=O) groups excluding carboxylic acids is 1. The summed E-state index contributed by atoms with van der Waals surface area (Å²) in [6, 6.07) is 6.43. The van der Waals surface area contributed by atoms with Crippen molar-refractivity contribution in [1.82, 2.24) is 4.98 Å². The molecule has 0 aliphatic carbocycles. The molecule has 2 rings (SSSR count). The molecule has 20 heavy (non-hydrogen) atoms. The van der Waals surface area contributed by atoms with Crippen LogP contribution in [0.25, 0.3) is 0 Å². The number of anilines is 2. The molecule has 7 heteroatoms. The number of nitrogens with two attached hydrogens (primary N) is 1. The number of nitrogens with one attached hydrogen (secondary N) is 1. The van der Waals surface area contributed by atoms with Gasteiger partial charge in [-0.3, -0.25) is 4.79 Å². The van der Waals surface area contributed by atoms with E-state index in [0.29, 0.717) is 32.3 Å². The van der Waals surface area contributed by atoms with E-state index >= 15 is 0 Å². The lowest BCUT2D eigenvalue weighted by Crippen LogP contribution is -2.14. The van der Waals surface area contributed by atoms with Crippen LogP contribution >= 0.6 is 27.5 Å². The summed E-state index contributed by atoms with van der Waals surface area (Å²) < 4.78 is 5.73. The van der Waals surface area contributed by atoms with Gasteiger partial charge >= 0.3 is 0 Å². The van der Waals surface area contributed by atoms with E-state index in [2.05, 4.69) is 26.2 Å². The molecule has 1 heterocycles. The van der Waals surface area contributed by atoms with Crippen molar-refractivity contribution in [3.05, 3.63) is 45.5 Å². The summed E-state index contributed by atoms with van der Waals surface area (Å²) in [7, 11) is 1.47. The van der Waals surface area contributed by atoms with Crippen LogP contribution in [0, 0.1) is 0 Å². The number of amides is 1. The zero-order valence-corrected chi connectivity index (χ0v) is 12.8. The lowest BCUT2D eigenvalue weighted by molar-refractivity contribution is 0.102. The third-order valence-corrected chi connectivity index (χ3v) is 3.34. The number of pyridine rings is 1. The molecular weight excluding hydrogens is 346 g/mol. The van der Waals surface area contributed by atoms with Gasteiger partial charge in [0.25, 0.3) is 5.91 Å². The molecule has 3 N–H and O–H groups in total. The number of rotatable bonds is 3. The topological polar surface area (TPSA) is 77.2 Å². The zero-order chi connectivity index (χ0) is 14.7. The summed E-state index contributed by atoms with van der Waals surface area (Å²) in [5.41, 5.74) is 6.45. The molecule has 0 saturated carbocycles. The molecule has 2 aromatic rings. The van der Waals surface area contributed by atoms with E-state index in [1.54, 1.807) is 24.3 Å². The molecule has 0 aliphatic rings. The average molecular weight is 357 g/mol. The number of halogens is 2. The van der Waals surface area contributed by atoms with Crippen LogP contribution in [0.15, 0.2) is 34.9 Å². The number of aromatic nitrogens is 1. The molecule has 1 aromatic carbocycles. The van der Waals surface area contributed by atoms with E-state index in [1.807, 2.05) is 0 Å². The lowest BCUT2D eigenvalue weighted by Gasteiger charge is -2.10. The first-order valence-corrected chi connectivity index (χ1v) is 6.74. The number of nitrogens with zero attached hydrogens (tertiary/aromatic N) is 1. The van der Waals surface area contributed by atoms with Crippen LogP contribution in [-0.2, 0) is 0 Å². The highest BCUT2D eigenvalue weighted by molar-refractivity contribution is 9.10. The van der Waals surface area contributed by atoms with Gasteiger partial charge in [-0.2, -0.15) is 0 Å². The Hall–Kier alpha value is -1.79. The summed E-state index contributed by atoms with van der Waals surface area (Å²) >= 11 is 9.14. The average Bonchev–Trinajstić information content (AvgIpc) is 2.41. The van der Waals surface area contributed by atoms with E-state index in [1.165, 1.54) is 13.3 Å². The fraction of sp³-hybridized carbons (Fsp3) is 0.0769. The number of benzene rings is 1. The Morgan fingerprint density at radius 2 is 2.20 bits per heavy atom. The Bertz CT molecular complexity index is 664. The van der Waals surface area contributed by atoms with E-state index < -0.39 is 0 Å². The Morgan fingerprint density at radius 3 is 2.85 bits per heavy atom. The molecule has 1 aromatic heterocycles. The largest absolute Gasteiger partial charge is 0.496 e. The van der Waals surface area contributed by atoms with Gasteiger partial charge in [-0.25, -0.2) is 4.98 Å². The van der Waals surface area contributed by atoms with Crippen LogP contribution in [0.5, 0.6) is 5.75 Å². The molecule has 0 bridgehead atoms. The van der Waals surface area contributed by atoms with Crippen LogP contribution in [-0.4, -0.2) is 18.0 Å². The Balaban J connectivity index is 2.28. The second-order valence-corrected chi connectivity index (χ2v) is 5.19. The first kappa shape index (κ1) is 14.6. The van der Waals surface area contributed by atoms with Crippen LogP contribution in [0.1, 0.15) is 10.4 Å². The smallest absolute Gasteiger partial charge is 0.260 e. The van der Waals surface area contributed by atoms with E-state index in [-0.39, 0.29) is 5.91 Å². The molecule has 104 valence electrons. The van der Waals surface area contributed by atoms with Crippen molar-refractivity contribution in [3.8, 4) is 5.75 Å². The van der Waals surface area contributed by atoms with Crippen LogP contribution in [0.4, 0.5) is 11.5 Å². The van der Waals surface area contributed by atoms with Crippen molar-refractivity contribution in [2.75, 3.05) is 18.2 Å². The minimum atomic E-state index is -0.350. The van der Waals surface area contributed by atoms with Crippen LogP contribution < -0.4 is 15.8 Å².